The van der Waals surface area contributed by atoms with Crippen LogP contribution in [-0.2, 0) is 12.8 Å². The largest absolute Gasteiger partial charge is 0.497 e. The number of para-hydroxylation sites is 1. The van der Waals surface area contributed by atoms with Crippen molar-refractivity contribution in [1.29, 1.82) is 0 Å². The molecule has 150 valence electrons. The minimum absolute atomic E-state index is 0.216. The van der Waals surface area contributed by atoms with Gasteiger partial charge in [-0.1, -0.05) is 12.1 Å². The van der Waals surface area contributed by atoms with Crippen molar-refractivity contribution < 1.29 is 13.5 Å². The lowest BCUT2D eigenvalue weighted by molar-refractivity contribution is 0.415. The Morgan fingerprint density at radius 2 is 2.00 bits per heavy atom. The van der Waals surface area contributed by atoms with E-state index in [2.05, 4.69) is 16.4 Å². The number of benzene rings is 2. The molecule has 29 heavy (non-hydrogen) atoms. The molecule has 0 bridgehead atoms. The van der Waals surface area contributed by atoms with Crippen LogP contribution in [-0.4, -0.2) is 24.5 Å². The van der Waals surface area contributed by atoms with Crippen LogP contribution in [0.3, 0.4) is 0 Å². The lowest BCUT2D eigenvalue weighted by atomic mass is 10.0. The standard InChI is InChI=1S/C22H21F2N3OS/c1-3-25-21(27-19-16(23)7-5-8-17(19)24)22-26-18-9-4-6-13-10-11-14(28-2)12-15(13)20(18)29-22/h5,7-8,10-12H,3-4,6,9H2,1-2H3,(H,25,27). The zero-order valence-electron chi connectivity index (χ0n) is 16.3. The number of amidine groups is 1. The summed E-state index contributed by atoms with van der Waals surface area (Å²) in [5.41, 5.74) is 3.12. The Labute approximate surface area is 172 Å². The fourth-order valence-electron chi connectivity index (χ4n) is 3.45. The number of methoxy groups -OCH3 is 1. The second-order valence-corrected chi connectivity index (χ2v) is 7.72. The Balaban J connectivity index is 1.77. The molecular formula is C22H21F2N3OS. The Morgan fingerprint density at radius 3 is 2.72 bits per heavy atom. The Kier molecular flexibility index (Phi) is 5.58. The SMILES string of the molecule is CCN=C(Nc1c(F)cccc1F)c1nc2c(s1)-c1cc(OC)ccc1CCC2. The second kappa shape index (κ2) is 8.29. The van der Waals surface area contributed by atoms with Crippen LogP contribution in [0.5, 0.6) is 5.75 Å². The predicted octanol–water partition coefficient (Wildman–Crippen LogP) is 5.46. The third kappa shape index (κ3) is 3.87. The molecule has 4 rings (SSSR count). The van der Waals surface area contributed by atoms with E-state index in [1.165, 1.54) is 35.1 Å². The summed E-state index contributed by atoms with van der Waals surface area (Å²) in [6.45, 7) is 2.34. The second-order valence-electron chi connectivity index (χ2n) is 6.72. The number of aliphatic imine (C=N–C) groups is 1. The first kappa shape index (κ1) is 19.5. The number of thiazole rings is 1. The van der Waals surface area contributed by atoms with Crippen LogP contribution in [0, 0.1) is 11.6 Å². The third-order valence-electron chi connectivity index (χ3n) is 4.84. The normalized spacial score (nSPS) is 13.4. The highest BCUT2D eigenvalue weighted by atomic mass is 32.1. The van der Waals surface area contributed by atoms with E-state index in [1.807, 2.05) is 19.1 Å². The van der Waals surface area contributed by atoms with Crippen molar-refractivity contribution in [3.63, 3.8) is 0 Å². The summed E-state index contributed by atoms with van der Waals surface area (Å²) in [6, 6.07) is 9.86. The summed E-state index contributed by atoms with van der Waals surface area (Å²) >= 11 is 1.48. The zero-order valence-corrected chi connectivity index (χ0v) is 17.1. The third-order valence-corrected chi connectivity index (χ3v) is 5.98. The fourth-order valence-corrected chi connectivity index (χ4v) is 4.57. The van der Waals surface area contributed by atoms with Crippen LogP contribution in [0.2, 0.25) is 0 Å². The van der Waals surface area contributed by atoms with E-state index < -0.39 is 11.6 Å². The molecule has 2 aromatic carbocycles. The van der Waals surface area contributed by atoms with Gasteiger partial charge in [0, 0.05) is 12.1 Å². The molecule has 0 spiro atoms. The lowest BCUT2D eigenvalue weighted by Crippen LogP contribution is -2.16. The number of anilines is 1. The smallest absolute Gasteiger partial charge is 0.162 e. The number of aryl methyl sites for hydroxylation is 2. The van der Waals surface area contributed by atoms with E-state index in [0.717, 1.165) is 41.1 Å². The van der Waals surface area contributed by atoms with Crippen LogP contribution >= 0.6 is 11.3 Å². The molecule has 7 heteroatoms. The molecule has 0 unspecified atom stereocenters. The lowest BCUT2D eigenvalue weighted by Gasteiger charge is -2.10. The van der Waals surface area contributed by atoms with Crippen molar-refractivity contribution in [2.24, 2.45) is 4.99 Å². The Morgan fingerprint density at radius 1 is 1.21 bits per heavy atom. The molecular weight excluding hydrogens is 392 g/mol. The van der Waals surface area contributed by atoms with E-state index >= 15 is 0 Å². The summed E-state index contributed by atoms with van der Waals surface area (Å²) in [4.78, 5) is 10.3. The van der Waals surface area contributed by atoms with Crippen molar-refractivity contribution in [2.45, 2.75) is 26.2 Å². The number of nitrogens with zero attached hydrogens (tertiary/aromatic N) is 2. The molecule has 0 fully saturated rings. The minimum Gasteiger partial charge on any atom is -0.497 e. The van der Waals surface area contributed by atoms with Crippen LogP contribution in [0.25, 0.3) is 10.4 Å². The summed E-state index contributed by atoms with van der Waals surface area (Å²) < 4.78 is 33.7. The number of rotatable bonds is 4. The first-order valence-electron chi connectivity index (χ1n) is 9.53. The van der Waals surface area contributed by atoms with E-state index in [-0.39, 0.29) is 5.69 Å². The number of ether oxygens (including phenoxy) is 1. The van der Waals surface area contributed by atoms with Crippen LogP contribution in [0.1, 0.15) is 29.6 Å². The average Bonchev–Trinajstić information content (AvgIpc) is 3.06. The van der Waals surface area contributed by atoms with Crippen molar-refractivity contribution in [3.05, 3.63) is 64.3 Å². The summed E-state index contributed by atoms with van der Waals surface area (Å²) in [6.07, 6.45) is 2.81. The molecule has 4 nitrogen and oxygen atoms in total. The summed E-state index contributed by atoms with van der Waals surface area (Å²) in [5.74, 6) is -0.163. The maximum absolute atomic E-state index is 14.1. The molecule has 0 radical (unpaired) electrons. The van der Waals surface area contributed by atoms with Gasteiger partial charge in [0.05, 0.1) is 17.7 Å². The van der Waals surface area contributed by atoms with E-state index in [1.54, 1.807) is 7.11 Å². The highest BCUT2D eigenvalue weighted by Gasteiger charge is 2.23. The fraction of sp³-hybridized carbons (Fsp3) is 0.273. The summed E-state index contributed by atoms with van der Waals surface area (Å²) in [7, 11) is 1.65. The van der Waals surface area contributed by atoms with Gasteiger partial charge in [0.15, 0.2) is 10.8 Å². The van der Waals surface area contributed by atoms with Gasteiger partial charge in [-0.25, -0.2) is 13.8 Å². The van der Waals surface area contributed by atoms with Gasteiger partial charge in [-0.15, -0.1) is 11.3 Å². The molecule has 0 aliphatic heterocycles. The van der Waals surface area contributed by atoms with Gasteiger partial charge in [0.2, 0.25) is 0 Å². The number of nitrogens with one attached hydrogen (secondary N) is 1. The molecule has 0 atom stereocenters. The molecule has 1 aliphatic carbocycles. The molecule has 3 aromatic rings. The quantitative estimate of drug-likeness (QED) is 0.456. The first-order valence-corrected chi connectivity index (χ1v) is 10.3. The van der Waals surface area contributed by atoms with Gasteiger partial charge in [-0.2, -0.15) is 0 Å². The highest BCUT2D eigenvalue weighted by molar-refractivity contribution is 7.17. The van der Waals surface area contributed by atoms with Gasteiger partial charge in [-0.3, -0.25) is 4.99 Å². The van der Waals surface area contributed by atoms with Gasteiger partial charge >= 0.3 is 0 Å². The maximum Gasteiger partial charge on any atom is 0.162 e. The molecule has 1 N–H and O–H groups in total. The molecule has 1 aromatic heterocycles. The number of hydrogen-bond acceptors (Lipinski definition) is 4. The van der Waals surface area contributed by atoms with Crippen LogP contribution in [0.4, 0.5) is 14.5 Å². The zero-order chi connectivity index (χ0) is 20.4. The number of hydrogen-bond donors (Lipinski definition) is 1. The van der Waals surface area contributed by atoms with Crippen molar-refractivity contribution >= 4 is 22.9 Å². The van der Waals surface area contributed by atoms with E-state index in [4.69, 9.17) is 9.72 Å². The summed E-state index contributed by atoms with van der Waals surface area (Å²) in [5, 5.41) is 3.45. The van der Waals surface area contributed by atoms with Crippen molar-refractivity contribution in [3.8, 4) is 16.2 Å². The molecule has 1 heterocycles. The molecule has 1 aliphatic rings. The van der Waals surface area contributed by atoms with Crippen molar-refractivity contribution in [2.75, 3.05) is 19.0 Å². The predicted molar refractivity (Wildman–Crippen MR) is 113 cm³/mol. The topological polar surface area (TPSA) is 46.5 Å². The van der Waals surface area contributed by atoms with Gasteiger partial charge < -0.3 is 10.1 Å². The van der Waals surface area contributed by atoms with Crippen LogP contribution in [0.15, 0.2) is 41.4 Å². The average molecular weight is 413 g/mol. The maximum atomic E-state index is 14.1. The minimum atomic E-state index is -0.665. The van der Waals surface area contributed by atoms with Crippen molar-refractivity contribution in [1.82, 2.24) is 4.98 Å². The van der Waals surface area contributed by atoms with E-state index in [0.29, 0.717) is 17.4 Å². The Hall–Kier alpha value is -2.80. The van der Waals surface area contributed by atoms with E-state index in [9.17, 15) is 8.78 Å². The highest BCUT2D eigenvalue weighted by Crippen LogP contribution is 2.39. The Bertz CT molecular complexity index is 1060. The monoisotopic (exact) mass is 413 g/mol. The van der Waals surface area contributed by atoms with Gasteiger partial charge in [0.1, 0.15) is 23.1 Å². The van der Waals surface area contributed by atoms with Gasteiger partial charge in [-0.05, 0) is 56.0 Å². The molecule has 0 saturated carbocycles. The van der Waals surface area contributed by atoms with Gasteiger partial charge in [0.25, 0.3) is 0 Å². The molecule has 0 amide bonds. The number of fused-ring (bicyclic) bond motifs is 3. The first-order chi connectivity index (χ1) is 14.1. The molecule has 0 saturated heterocycles. The number of halogens is 2. The number of aromatic nitrogens is 1. The van der Waals surface area contributed by atoms with Crippen LogP contribution < -0.4 is 10.1 Å².